The van der Waals surface area contributed by atoms with E-state index in [9.17, 15) is 54.6 Å². The lowest BCUT2D eigenvalue weighted by Gasteiger charge is -2.41. The Balaban J connectivity index is 1.95. The highest BCUT2D eigenvalue weighted by atomic mass is 16.6. The molecule has 0 aromatic rings. The number of aliphatic hydroxyl groups is 4. The molecule has 17 N–H and O–H groups in total. The van der Waals surface area contributed by atoms with Gasteiger partial charge in [-0.1, -0.05) is 12.8 Å². The molecule has 0 saturated heterocycles. The van der Waals surface area contributed by atoms with Crippen LogP contribution in [0.4, 0.5) is 0 Å². The number of hydrogen-bond acceptors (Lipinski definition) is 20. The molecule has 2 rings (SSSR count). The molecule has 0 radical (unpaired) electrons. The molecule has 2 aliphatic rings. The molecule has 29 heteroatoms. The third kappa shape index (κ3) is 25.9. The fourth-order valence-corrected chi connectivity index (χ4v) is 7.69. The van der Waals surface area contributed by atoms with E-state index >= 15 is 0 Å². The van der Waals surface area contributed by atoms with Gasteiger partial charge in [0, 0.05) is 32.5 Å². The monoisotopic (exact) mass is 1070 g/mol. The number of ether oxygens (including phenoxy) is 8. The van der Waals surface area contributed by atoms with Gasteiger partial charge >= 0.3 is 11.9 Å². The number of aliphatic hydroxyl groups excluding tert-OH is 4. The highest BCUT2D eigenvalue weighted by Crippen LogP contribution is 2.29. The van der Waals surface area contributed by atoms with Crippen LogP contribution in [0.15, 0.2) is 23.7 Å². The molecule has 0 spiro atoms. The van der Waals surface area contributed by atoms with E-state index in [1.165, 1.54) is 13.0 Å². The predicted octanol–water partition coefficient (Wildman–Crippen LogP) is -5.16. The number of carbonyl (C=O) groups is 5. The highest BCUT2D eigenvalue weighted by Gasteiger charge is 2.46. The number of amides is 3. The van der Waals surface area contributed by atoms with Crippen molar-refractivity contribution in [3.63, 3.8) is 0 Å². The van der Waals surface area contributed by atoms with E-state index < -0.39 is 140 Å². The first-order chi connectivity index (χ1) is 35.8. The van der Waals surface area contributed by atoms with E-state index in [2.05, 4.69) is 37.4 Å². The Hall–Kier alpha value is -5.91. The Morgan fingerprint density at radius 1 is 0.693 bits per heavy atom. The van der Waals surface area contributed by atoms with Crippen molar-refractivity contribution in [2.24, 2.45) is 17.4 Å². The SMILES string of the molecule is C#CCOCCOCCOCCOCCN(CCCCNC(=O)CO[C@@H]([C@@H]1OC(C(=O)O)=C[C@H](NC(=N)N)[C@H]1C)[C@H](O)CO)CCCCNC(=O)CO[C@@H]([C@@H]1OC(C(=O)O)=C[C@H](NC(=N)N)[C@H]1NC(C)=O)[C@H](O)CO. The minimum absolute atomic E-state index is 0.215. The summed E-state index contributed by atoms with van der Waals surface area (Å²) < 4.78 is 44.5. The average Bonchev–Trinajstić information content (AvgIpc) is 3.35. The summed E-state index contributed by atoms with van der Waals surface area (Å²) in [6, 6.07) is -3.09. The summed E-state index contributed by atoms with van der Waals surface area (Å²) >= 11 is 0. The average molecular weight is 1080 g/mol. The molecule has 29 nitrogen and oxygen atoms in total. The van der Waals surface area contributed by atoms with Gasteiger partial charge in [-0.25, -0.2) is 9.59 Å². The Morgan fingerprint density at radius 3 is 1.59 bits per heavy atom. The van der Waals surface area contributed by atoms with Gasteiger partial charge in [0.2, 0.25) is 29.2 Å². The summed E-state index contributed by atoms with van der Waals surface area (Å²) in [5.41, 5.74) is 11.0. The number of nitrogens with one attached hydrogen (secondary N) is 7. The molecule has 0 aromatic carbocycles. The van der Waals surface area contributed by atoms with Crippen molar-refractivity contribution in [1.82, 2.24) is 31.5 Å². The van der Waals surface area contributed by atoms with E-state index in [0.717, 1.165) is 6.08 Å². The van der Waals surface area contributed by atoms with Crippen LogP contribution in [0, 0.1) is 29.1 Å². The molecule has 0 aliphatic carbocycles. The van der Waals surface area contributed by atoms with Crippen LogP contribution in [0.1, 0.15) is 39.5 Å². The molecule has 426 valence electrons. The maximum Gasteiger partial charge on any atom is 0.370 e. The van der Waals surface area contributed by atoms with Crippen LogP contribution in [0.5, 0.6) is 0 Å². The maximum absolute atomic E-state index is 13.0. The Labute approximate surface area is 435 Å². The fraction of sp³-hybridized carbons (Fsp3) is 0.717. The van der Waals surface area contributed by atoms with E-state index in [-0.39, 0.29) is 19.7 Å². The van der Waals surface area contributed by atoms with E-state index in [1.54, 1.807) is 6.92 Å². The van der Waals surface area contributed by atoms with Crippen LogP contribution in [-0.2, 0) is 61.9 Å². The predicted molar refractivity (Wildman–Crippen MR) is 264 cm³/mol. The van der Waals surface area contributed by atoms with Crippen LogP contribution < -0.4 is 38.1 Å². The third-order valence-electron chi connectivity index (χ3n) is 11.3. The smallest absolute Gasteiger partial charge is 0.370 e. The number of carboxylic acid groups (broad SMARTS) is 2. The lowest BCUT2D eigenvalue weighted by atomic mass is 9.87. The van der Waals surface area contributed by atoms with E-state index in [1.807, 2.05) is 0 Å². The van der Waals surface area contributed by atoms with Gasteiger partial charge in [-0.05, 0) is 50.9 Å². The van der Waals surface area contributed by atoms with Crippen LogP contribution in [-0.4, -0.2) is 244 Å². The number of hydrogen-bond donors (Lipinski definition) is 15. The minimum Gasteiger partial charge on any atom is -0.480 e. The van der Waals surface area contributed by atoms with Gasteiger partial charge in [0.05, 0.1) is 77.6 Å². The summed E-state index contributed by atoms with van der Waals surface area (Å²) in [7, 11) is 0. The zero-order valence-electron chi connectivity index (χ0n) is 42.4. The summed E-state index contributed by atoms with van der Waals surface area (Å²) in [5.74, 6) is -5.02. The second-order valence-corrected chi connectivity index (χ2v) is 17.2. The number of aliphatic carboxylic acids is 2. The zero-order valence-corrected chi connectivity index (χ0v) is 42.4. The maximum atomic E-state index is 13.0. The van der Waals surface area contributed by atoms with Crippen molar-refractivity contribution < 1.29 is 92.5 Å². The summed E-state index contributed by atoms with van der Waals surface area (Å²) in [5, 5.41) is 88.7. The van der Waals surface area contributed by atoms with Gasteiger partial charge in [0.25, 0.3) is 0 Å². The number of terminal acetylenes is 1. The van der Waals surface area contributed by atoms with Crippen LogP contribution >= 0.6 is 0 Å². The van der Waals surface area contributed by atoms with Gasteiger partial charge in [0.1, 0.15) is 50.3 Å². The van der Waals surface area contributed by atoms with Crippen molar-refractivity contribution in [1.29, 1.82) is 10.8 Å². The molecule has 75 heavy (non-hydrogen) atoms. The highest BCUT2D eigenvalue weighted by molar-refractivity contribution is 5.86. The molecule has 10 atom stereocenters. The minimum atomic E-state index is -1.70. The largest absolute Gasteiger partial charge is 0.480 e. The zero-order chi connectivity index (χ0) is 55.7. The summed E-state index contributed by atoms with van der Waals surface area (Å²) in [6.07, 6.45) is 1.01. The van der Waals surface area contributed by atoms with Crippen LogP contribution in [0.25, 0.3) is 0 Å². The van der Waals surface area contributed by atoms with Crippen molar-refractivity contribution in [3.05, 3.63) is 23.7 Å². The Bertz CT molecular complexity index is 1890. The number of rotatable bonds is 40. The van der Waals surface area contributed by atoms with Crippen molar-refractivity contribution in [2.75, 3.05) is 112 Å². The van der Waals surface area contributed by atoms with E-state index in [4.69, 9.17) is 66.6 Å². The molecule has 0 saturated carbocycles. The first kappa shape index (κ1) is 65.2. The number of nitrogens with two attached hydrogens (primary N) is 2. The number of carboxylic acids is 2. The van der Waals surface area contributed by atoms with Gasteiger partial charge in [0.15, 0.2) is 18.0 Å². The molecule has 0 bridgehead atoms. The van der Waals surface area contributed by atoms with Crippen molar-refractivity contribution >= 4 is 41.6 Å². The lowest BCUT2D eigenvalue weighted by Crippen LogP contribution is -2.64. The number of unbranched alkanes of at least 4 members (excludes halogenated alkanes) is 2. The number of guanidine groups is 2. The third-order valence-corrected chi connectivity index (χ3v) is 11.3. The molecule has 2 heterocycles. The molecular weight excluding hydrogens is 997 g/mol. The normalized spacial score (nSPS) is 20.8. The second kappa shape index (κ2) is 36.9. The molecule has 0 fully saturated rings. The first-order valence-electron chi connectivity index (χ1n) is 24.4. The fourth-order valence-electron chi connectivity index (χ4n) is 7.69. The van der Waals surface area contributed by atoms with Gasteiger partial charge in [-0.15, -0.1) is 6.42 Å². The van der Waals surface area contributed by atoms with Gasteiger partial charge in [-0.3, -0.25) is 25.2 Å². The Morgan fingerprint density at radius 2 is 1.13 bits per heavy atom. The topological polar surface area (TPSA) is 444 Å². The van der Waals surface area contributed by atoms with Gasteiger partial charge < -0.3 is 111 Å². The molecule has 2 aliphatic heterocycles. The summed E-state index contributed by atoms with van der Waals surface area (Å²) in [4.78, 5) is 63.8. The molecule has 0 unspecified atom stereocenters. The standard InChI is InChI=1S/C46H78N10O19/c1-4-14-68-16-18-70-20-21-71-19-17-69-15-13-56(11-7-5-9-51-36(62)26-72-40(32(60)24-57)39-28(2)30(54-45(47)48)22-34(74-39)43(64)65)12-8-6-10-52-37(63)27-73-41(33(61)25-58)42-38(53-29(3)59)31(55-46(49)50)23-35(75-42)44(66)67/h1,22-23,28,30-33,38-42,57-58,60-61H,5-21,24-27H2,2-3H3,(H,51,62)(H,52,63)(H,53,59)(H,64,65)(H,66,67)(H4,47,48,54)(H4,49,50,55)/t28-,30+,31+,32-,33-,38-,39-,40-,41-,42-/m1/s1. The van der Waals surface area contributed by atoms with Crippen LogP contribution in [0.3, 0.4) is 0 Å². The lowest BCUT2D eigenvalue weighted by molar-refractivity contribution is -0.160. The van der Waals surface area contributed by atoms with Crippen LogP contribution in [0.2, 0.25) is 0 Å². The second-order valence-electron chi connectivity index (χ2n) is 17.2. The van der Waals surface area contributed by atoms with E-state index in [0.29, 0.717) is 91.6 Å². The molecule has 3 amide bonds. The number of nitrogens with zero attached hydrogens (tertiary/aromatic N) is 1. The molecular formula is C46H78N10O19. The van der Waals surface area contributed by atoms with Crippen molar-refractivity contribution in [2.45, 2.75) is 94.3 Å². The van der Waals surface area contributed by atoms with Crippen molar-refractivity contribution in [3.8, 4) is 12.3 Å². The summed E-state index contributed by atoms with van der Waals surface area (Å²) in [6.45, 7) is 4.93. The van der Waals surface area contributed by atoms with Gasteiger partial charge in [-0.2, -0.15) is 0 Å². The number of carbonyl (C=O) groups excluding carboxylic acids is 3. The Kier molecular flexibility index (Phi) is 32.1. The quantitative estimate of drug-likeness (QED) is 0.0118. The first-order valence-corrected chi connectivity index (χ1v) is 24.4. The molecule has 0 aromatic heterocycles.